The predicted molar refractivity (Wildman–Crippen MR) is 66.6 cm³/mol. The van der Waals surface area contributed by atoms with Crippen LogP contribution < -0.4 is 10.5 Å². The van der Waals surface area contributed by atoms with Gasteiger partial charge in [-0.2, -0.15) is 4.72 Å². The molecular weight excluding hydrogens is 244 g/mol. The van der Waals surface area contributed by atoms with Crippen molar-refractivity contribution in [3.8, 4) is 12.3 Å². The van der Waals surface area contributed by atoms with E-state index in [0.29, 0.717) is 12.1 Å². The van der Waals surface area contributed by atoms with E-state index in [0.717, 1.165) is 17.8 Å². The molecule has 0 aliphatic heterocycles. The molecule has 0 amide bonds. The normalized spacial score (nSPS) is 13.2. The third kappa shape index (κ3) is 3.23. The van der Waals surface area contributed by atoms with Crippen LogP contribution in [0.2, 0.25) is 0 Å². The number of hydrogen-bond acceptors (Lipinski definition) is 4. The molecule has 1 unspecified atom stereocenters. The molecule has 1 atom stereocenters. The minimum absolute atomic E-state index is 0.196. The summed E-state index contributed by atoms with van der Waals surface area (Å²) < 4.78 is 26.3. The molecule has 0 aromatic carbocycles. The van der Waals surface area contributed by atoms with E-state index < -0.39 is 16.1 Å². The van der Waals surface area contributed by atoms with E-state index in [2.05, 4.69) is 10.6 Å². The van der Waals surface area contributed by atoms with Crippen molar-refractivity contribution in [3.05, 3.63) is 11.4 Å². The van der Waals surface area contributed by atoms with E-state index in [1.807, 2.05) is 6.92 Å². The number of thiophene rings is 1. The highest BCUT2D eigenvalue weighted by Crippen LogP contribution is 2.21. The minimum Gasteiger partial charge on any atom is -0.398 e. The number of nitrogens with two attached hydrogens (primary N) is 1. The molecule has 0 spiro atoms. The van der Waals surface area contributed by atoms with Crippen molar-refractivity contribution in [2.45, 2.75) is 30.0 Å². The fourth-order valence-corrected chi connectivity index (χ4v) is 3.47. The van der Waals surface area contributed by atoms with Gasteiger partial charge in [-0.25, -0.2) is 8.42 Å². The van der Waals surface area contributed by atoms with Gasteiger partial charge in [0, 0.05) is 11.1 Å². The summed E-state index contributed by atoms with van der Waals surface area (Å²) in [5.41, 5.74) is 5.92. The Kier molecular flexibility index (Phi) is 4.35. The van der Waals surface area contributed by atoms with Gasteiger partial charge in [-0.15, -0.1) is 17.8 Å². The first-order valence-corrected chi connectivity index (χ1v) is 7.18. The summed E-state index contributed by atoms with van der Waals surface area (Å²) >= 11 is 1.08. The quantitative estimate of drug-likeness (QED) is 0.784. The predicted octanol–water partition coefficient (Wildman–Crippen LogP) is 1.41. The molecule has 0 saturated heterocycles. The molecule has 3 N–H and O–H groups in total. The molecule has 1 heterocycles. The van der Waals surface area contributed by atoms with Gasteiger partial charge < -0.3 is 5.73 Å². The number of rotatable bonds is 5. The third-order valence-electron chi connectivity index (χ3n) is 1.94. The SMILES string of the molecule is C#CC(CCC)NS(=O)(=O)c1cc(N)cs1. The van der Waals surface area contributed by atoms with Crippen molar-refractivity contribution in [1.82, 2.24) is 4.72 Å². The second-order valence-corrected chi connectivity index (χ2v) is 6.18. The van der Waals surface area contributed by atoms with Crippen molar-refractivity contribution in [2.24, 2.45) is 0 Å². The van der Waals surface area contributed by atoms with Gasteiger partial charge in [0.1, 0.15) is 4.21 Å². The van der Waals surface area contributed by atoms with Crippen LogP contribution in [0.3, 0.4) is 0 Å². The topological polar surface area (TPSA) is 72.2 Å². The maximum atomic E-state index is 11.8. The summed E-state index contributed by atoms with van der Waals surface area (Å²) in [5, 5.41) is 1.58. The van der Waals surface area contributed by atoms with Crippen LogP contribution in [0.1, 0.15) is 19.8 Å². The highest BCUT2D eigenvalue weighted by molar-refractivity contribution is 7.91. The first kappa shape index (κ1) is 13.0. The second kappa shape index (κ2) is 5.34. The summed E-state index contributed by atoms with van der Waals surface area (Å²) in [6.07, 6.45) is 6.70. The van der Waals surface area contributed by atoms with E-state index in [1.54, 1.807) is 5.38 Å². The summed E-state index contributed by atoms with van der Waals surface area (Å²) in [6, 6.07) is 0.963. The van der Waals surface area contributed by atoms with Gasteiger partial charge >= 0.3 is 0 Å². The van der Waals surface area contributed by atoms with Crippen LogP contribution in [0.15, 0.2) is 15.7 Å². The van der Waals surface area contributed by atoms with Crippen LogP contribution in [0.4, 0.5) is 5.69 Å². The monoisotopic (exact) mass is 258 g/mol. The minimum atomic E-state index is -3.53. The molecule has 1 aromatic rings. The maximum Gasteiger partial charge on any atom is 0.251 e. The lowest BCUT2D eigenvalue weighted by Gasteiger charge is -2.10. The van der Waals surface area contributed by atoms with E-state index in [-0.39, 0.29) is 4.21 Å². The summed E-state index contributed by atoms with van der Waals surface area (Å²) in [7, 11) is -3.53. The van der Waals surface area contributed by atoms with Crippen molar-refractivity contribution >= 4 is 27.0 Å². The lowest BCUT2D eigenvalue weighted by Crippen LogP contribution is -2.33. The maximum absolute atomic E-state index is 11.8. The Hall–Kier alpha value is -1.03. The zero-order valence-corrected chi connectivity index (χ0v) is 10.6. The van der Waals surface area contributed by atoms with Crippen LogP contribution in [0, 0.1) is 12.3 Å². The van der Waals surface area contributed by atoms with Crippen molar-refractivity contribution in [1.29, 1.82) is 0 Å². The molecule has 0 bridgehead atoms. The number of sulfonamides is 1. The Labute approximate surface area is 99.9 Å². The van der Waals surface area contributed by atoms with Gasteiger partial charge in [0.05, 0.1) is 6.04 Å². The molecule has 1 aromatic heterocycles. The van der Waals surface area contributed by atoms with Crippen LogP contribution >= 0.6 is 11.3 Å². The van der Waals surface area contributed by atoms with Gasteiger partial charge in [0.2, 0.25) is 0 Å². The number of hydrogen-bond donors (Lipinski definition) is 2. The molecule has 6 heteroatoms. The second-order valence-electron chi connectivity index (χ2n) is 3.33. The fourth-order valence-electron chi connectivity index (χ4n) is 1.18. The zero-order chi connectivity index (χ0) is 12.2. The molecule has 1 rings (SSSR count). The summed E-state index contributed by atoms with van der Waals surface area (Å²) in [4.78, 5) is 0. The number of terminal acetylenes is 1. The van der Waals surface area contributed by atoms with Crippen LogP contribution in [-0.2, 0) is 10.0 Å². The molecule has 0 fully saturated rings. The van der Waals surface area contributed by atoms with Gasteiger partial charge in [-0.05, 0) is 12.5 Å². The first-order valence-electron chi connectivity index (χ1n) is 4.82. The van der Waals surface area contributed by atoms with Gasteiger partial charge in [0.25, 0.3) is 10.0 Å². The third-order valence-corrected chi connectivity index (χ3v) is 4.87. The molecule has 0 saturated carbocycles. The van der Waals surface area contributed by atoms with Crippen molar-refractivity contribution < 1.29 is 8.42 Å². The molecule has 0 radical (unpaired) electrons. The Morgan fingerprint density at radius 2 is 2.38 bits per heavy atom. The largest absolute Gasteiger partial charge is 0.398 e. The van der Waals surface area contributed by atoms with E-state index >= 15 is 0 Å². The molecule has 4 nitrogen and oxygen atoms in total. The van der Waals surface area contributed by atoms with E-state index in [9.17, 15) is 8.42 Å². The van der Waals surface area contributed by atoms with Gasteiger partial charge in [-0.3, -0.25) is 0 Å². The molecule has 0 aliphatic rings. The van der Waals surface area contributed by atoms with Gasteiger partial charge in [-0.1, -0.05) is 19.3 Å². The lowest BCUT2D eigenvalue weighted by molar-refractivity contribution is 0.566. The Balaban J connectivity index is 2.84. The smallest absolute Gasteiger partial charge is 0.251 e. The molecule has 16 heavy (non-hydrogen) atoms. The molecular formula is C10H14N2O2S2. The summed E-state index contributed by atoms with van der Waals surface area (Å²) in [5.74, 6) is 2.42. The Morgan fingerprint density at radius 3 is 2.81 bits per heavy atom. The average Bonchev–Trinajstić information content (AvgIpc) is 2.64. The van der Waals surface area contributed by atoms with E-state index in [4.69, 9.17) is 12.2 Å². The number of nitrogens with one attached hydrogen (secondary N) is 1. The fraction of sp³-hybridized carbons (Fsp3) is 0.400. The highest BCUT2D eigenvalue weighted by Gasteiger charge is 2.19. The summed E-state index contributed by atoms with van der Waals surface area (Å²) in [6.45, 7) is 1.95. The number of anilines is 1. The molecule has 0 aliphatic carbocycles. The van der Waals surface area contributed by atoms with Gasteiger partial charge in [0.15, 0.2) is 0 Å². The van der Waals surface area contributed by atoms with Crippen LogP contribution in [-0.4, -0.2) is 14.5 Å². The van der Waals surface area contributed by atoms with Crippen molar-refractivity contribution in [3.63, 3.8) is 0 Å². The first-order chi connectivity index (χ1) is 7.49. The van der Waals surface area contributed by atoms with E-state index in [1.165, 1.54) is 6.07 Å². The Morgan fingerprint density at radius 1 is 1.69 bits per heavy atom. The zero-order valence-electron chi connectivity index (χ0n) is 8.93. The van der Waals surface area contributed by atoms with Crippen molar-refractivity contribution in [2.75, 3.05) is 5.73 Å². The Bertz CT molecular complexity index is 485. The van der Waals surface area contributed by atoms with Crippen LogP contribution in [0.25, 0.3) is 0 Å². The van der Waals surface area contributed by atoms with Crippen LogP contribution in [0.5, 0.6) is 0 Å². The lowest BCUT2D eigenvalue weighted by atomic mass is 10.2. The highest BCUT2D eigenvalue weighted by atomic mass is 32.2. The number of nitrogen functional groups attached to an aromatic ring is 1. The standard InChI is InChI=1S/C10H14N2O2S2/c1-3-5-9(4-2)12-16(13,14)10-6-8(11)7-15-10/h2,6-7,9,12H,3,5,11H2,1H3. The average molecular weight is 258 g/mol. The molecule has 88 valence electrons.